The van der Waals surface area contributed by atoms with Crippen LogP contribution in [0.15, 0.2) is 115 Å². The number of allylic oxidation sites excluding steroid dienone is 2. The fraction of sp³-hybridized carbons (Fsp3) is 0.378. The summed E-state index contributed by atoms with van der Waals surface area (Å²) in [6.45, 7) is 24.0. The van der Waals surface area contributed by atoms with Crippen molar-refractivity contribution in [3.63, 3.8) is 0 Å². The molecule has 4 aromatic rings. The first-order valence-corrected chi connectivity index (χ1v) is 20.7. The van der Waals surface area contributed by atoms with Crippen LogP contribution in [0.25, 0.3) is 5.57 Å². The fourth-order valence-electron chi connectivity index (χ4n) is 7.12. The SMILES string of the molecule is CCN(CC)c1ccc(C(=C(C=CC(c2ccc(N(CC)CC)cc2)c2ccc(N(CC)CC)cc2)O[Cl+3]([O-])([O-])[O-])c2ccc(N(CC)CC)cc2)cc1. The van der Waals surface area contributed by atoms with Gasteiger partial charge in [-0.3, -0.25) is 0 Å². The van der Waals surface area contributed by atoms with Crippen molar-refractivity contribution in [2.24, 2.45) is 0 Å². The van der Waals surface area contributed by atoms with Gasteiger partial charge in [-0.2, -0.15) is 14.0 Å². The topological polar surface area (TPSA) is 91.4 Å². The lowest BCUT2D eigenvalue weighted by Gasteiger charge is -2.24. The summed E-state index contributed by atoms with van der Waals surface area (Å²) in [7, 11) is -4.82. The van der Waals surface area contributed by atoms with Crippen molar-refractivity contribution < 1.29 is 28.5 Å². The Bertz CT molecular complexity index is 1640. The van der Waals surface area contributed by atoms with Crippen molar-refractivity contribution in [3.8, 4) is 0 Å². The molecule has 4 rings (SSSR count). The van der Waals surface area contributed by atoms with Crippen LogP contribution in [0.4, 0.5) is 22.7 Å². The summed E-state index contributed by atoms with van der Waals surface area (Å²) in [5, 5.41) is 0. The van der Waals surface area contributed by atoms with Gasteiger partial charge in [-0.1, -0.05) is 58.9 Å². The minimum Gasteiger partial charge on any atom is -0.372 e. The van der Waals surface area contributed by atoms with Crippen LogP contribution in [-0.2, 0) is 4.29 Å². The third kappa shape index (κ3) is 10.8. The molecule has 0 aliphatic rings. The number of benzene rings is 4. The summed E-state index contributed by atoms with van der Waals surface area (Å²) in [6.07, 6.45) is 3.58. The van der Waals surface area contributed by atoms with Gasteiger partial charge in [0.25, 0.3) is 5.76 Å². The van der Waals surface area contributed by atoms with Gasteiger partial charge in [-0.15, -0.1) is 0 Å². The fourth-order valence-corrected chi connectivity index (χ4v) is 7.45. The molecule has 4 aromatic carbocycles. The molecule has 0 fully saturated rings. The molecule has 0 unspecified atom stereocenters. The first-order valence-electron chi connectivity index (χ1n) is 19.5. The molecule has 0 saturated heterocycles. The van der Waals surface area contributed by atoms with Crippen molar-refractivity contribution in [2.75, 3.05) is 72.0 Å². The van der Waals surface area contributed by atoms with Gasteiger partial charge >= 0.3 is 0 Å². The molecule has 8 nitrogen and oxygen atoms in total. The van der Waals surface area contributed by atoms with Gasteiger partial charge < -0.3 is 19.6 Å². The Morgan fingerprint density at radius 1 is 0.481 bits per heavy atom. The number of hydrogen-bond donors (Lipinski definition) is 0. The van der Waals surface area contributed by atoms with Crippen LogP contribution in [0.3, 0.4) is 0 Å². The average Bonchev–Trinajstić information content (AvgIpc) is 3.18. The molecule has 9 heteroatoms. The lowest BCUT2D eigenvalue weighted by atomic mass is 9.89. The van der Waals surface area contributed by atoms with Crippen LogP contribution in [0.1, 0.15) is 83.6 Å². The Morgan fingerprint density at radius 3 is 1.02 bits per heavy atom. The molecule has 0 saturated carbocycles. The molecule has 0 heterocycles. The molecule has 54 heavy (non-hydrogen) atoms. The smallest absolute Gasteiger partial charge is 0.296 e. The minimum atomic E-state index is -4.82. The molecular formula is C45H59ClN4O4. The summed E-state index contributed by atoms with van der Waals surface area (Å²) in [5.74, 6) is -0.329. The van der Waals surface area contributed by atoms with Gasteiger partial charge in [-0.25, -0.2) is 0 Å². The van der Waals surface area contributed by atoms with E-state index in [2.05, 4.69) is 124 Å². The Kier molecular flexibility index (Phi) is 15.9. The predicted octanol–water partition coefficient (Wildman–Crippen LogP) is 7.13. The zero-order valence-corrected chi connectivity index (χ0v) is 34.2. The lowest BCUT2D eigenvalue weighted by Crippen LogP contribution is -2.60. The van der Waals surface area contributed by atoms with Gasteiger partial charge in [0.15, 0.2) is 0 Å². The summed E-state index contributed by atoms with van der Waals surface area (Å²) in [5.41, 5.74) is 8.36. The molecule has 0 bridgehead atoms. The normalized spacial score (nSPS) is 11.6. The second-order valence-electron chi connectivity index (χ2n) is 13.0. The Labute approximate surface area is 326 Å². The van der Waals surface area contributed by atoms with E-state index in [-0.39, 0.29) is 11.7 Å². The maximum atomic E-state index is 12.5. The maximum absolute atomic E-state index is 12.5. The second kappa shape index (κ2) is 20.3. The Balaban J connectivity index is 1.95. The minimum absolute atomic E-state index is 0.0534. The summed E-state index contributed by atoms with van der Waals surface area (Å²) in [4.78, 5) is 9.07. The van der Waals surface area contributed by atoms with E-state index in [1.165, 1.54) is 0 Å². The van der Waals surface area contributed by atoms with E-state index < -0.39 is 10.2 Å². The summed E-state index contributed by atoms with van der Waals surface area (Å²) < 4.78 is 42.7. The molecular weight excluding hydrogens is 696 g/mol. The van der Waals surface area contributed by atoms with Crippen LogP contribution in [0.2, 0.25) is 0 Å². The van der Waals surface area contributed by atoms with E-state index in [1.54, 1.807) is 6.08 Å². The highest BCUT2D eigenvalue weighted by atomic mass is 35.7. The highest BCUT2D eigenvalue weighted by molar-refractivity contribution is 5.84. The van der Waals surface area contributed by atoms with E-state index in [1.807, 2.05) is 54.6 Å². The monoisotopic (exact) mass is 754 g/mol. The molecule has 0 aliphatic carbocycles. The van der Waals surface area contributed by atoms with Crippen molar-refractivity contribution in [2.45, 2.75) is 61.3 Å². The van der Waals surface area contributed by atoms with Crippen molar-refractivity contribution in [1.82, 2.24) is 0 Å². The summed E-state index contributed by atoms with van der Waals surface area (Å²) >= 11 is 0. The van der Waals surface area contributed by atoms with E-state index in [9.17, 15) is 14.0 Å². The van der Waals surface area contributed by atoms with Crippen LogP contribution >= 0.6 is 0 Å². The zero-order valence-electron chi connectivity index (χ0n) is 33.4. The molecule has 0 spiro atoms. The number of rotatable bonds is 20. The quantitative estimate of drug-likeness (QED) is 0.0696. The molecule has 0 radical (unpaired) electrons. The molecule has 0 atom stereocenters. The number of hydrogen-bond acceptors (Lipinski definition) is 8. The average molecular weight is 755 g/mol. The van der Waals surface area contributed by atoms with E-state index in [0.717, 1.165) is 97.4 Å². The third-order valence-corrected chi connectivity index (χ3v) is 10.6. The summed E-state index contributed by atoms with van der Waals surface area (Å²) in [6, 6.07) is 32.9. The van der Waals surface area contributed by atoms with E-state index >= 15 is 0 Å². The van der Waals surface area contributed by atoms with Crippen LogP contribution < -0.4 is 33.6 Å². The zero-order chi connectivity index (χ0) is 39.3. The standard InChI is InChI=1S/C45H59ClN4O4/c1-9-47(10-2)39-25-17-35(18-26-39)43(36-19-27-40(28-20-36)48(11-3)12-4)33-34-44(54-46(51,52)53)45(37-21-29-41(30-22-37)49(13-5)14-6)38-23-31-42(32-24-38)50(15-7)16-8/h17-34,43H,9-16H2,1-8H3. The van der Waals surface area contributed by atoms with Gasteiger partial charge in [0.2, 0.25) is 0 Å². The molecule has 290 valence electrons. The van der Waals surface area contributed by atoms with E-state index in [4.69, 9.17) is 4.29 Å². The number of anilines is 4. The van der Waals surface area contributed by atoms with Crippen LogP contribution in [0.5, 0.6) is 0 Å². The number of nitrogens with zero attached hydrogens (tertiary/aromatic N) is 4. The second-order valence-corrected chi connectivity index (χ2v) is 13.9. The third-order valence-electron chi connectivity index (χ3n) is 10.2. The largest absolute Gasteiger partial charge is 0.372 e. The van der Waals surface area contributed by atoms with Crippen molar-refractivity contribution in [3.05, 3.63) is 137 Å². The highest BCUT2D eigenvalue weighted by Gasteiger charge is 2.27. The van der Waals surface area contributed by atoms with E-state index in [0.29, 0.717) is 5.57 Å². The van der Waals surface area contributed by atoms with Crippen molar-refractivity contribution >= 4 is 28.3 Å². The highest BCUT2D eigenvalue weighted by Crippen LogP contribution is 2.35. The number of halogens is 1. The molecule has 0 amide bonds. The van der Waals surface area contributed by atoms with Gasteiger partial charge in [0.05, 0.1) is 0 Å². The Hall–Kier alpha value is -4.47. The first kappa shape index (κ1) is 42.3. The van der Waals surface area contributed by atoms with Gasteiger partial charge in [0.1, 0.15) is 10.2 Å². The Morgan fingerprint density at radius 2 is 0.759 bits per heavy atom. The molecule has 0 aromatic heterocycles. The van der Waals surface area contributed by atoms with Gasteiger partial charge in [-0.05, 0) is 132 Å². The van der Waals surface area contributed by atoms with Crippen LogP contribution in [-0.4, -0.2) is 52.4 Å². The first-order chi connectivity index (χ1) is 26.0. The van der Waals surface area contributed by atoms with Gasteiger partial charge in [0, 0.05) is 86.6 Å². The lowest BCUT2D eigenvalue weighted by molar-refractivity contribution is -1.92. The molecule has 0 aliphatic heterocycles. The molecule has 0 N–H and O–H groups in total. The van der Waals surface area contributed by atoms with Crippen molar-refractivity contribution in [1.29, 1.82) is 0 Å². The maximum Gasteiger partial charge on any atom is 0.296 e. The predicted molar refractivity (Wildman–Crippen MR) is 218 cm³/mol. The van der Waals surface area contributed by atoms with Crippen LogP contribution in [0, 0.1) is 10.2 Å².